The molecule has 0 spiro atoms. The minimum atomic E-state index is -1.79. The summed E-state index contributed by atoms with van der Waals surface area (Å²) in [5.74, 6) is 1.69. The topological polar surface area (TPSA) is 29.5 Å². The van der Waals surface area contributed by atoms with Crippen molar-refractivity contribution < 1.29 is 9.53 Å². The highest BCUT2D eigenvalue weighted by Gasteiger charge is 2.40. The number of aliphatic hydroxyl groups is 1. The summed E-state index contributed by atoms with van der Waals surface area (Å²) in [6, 6.07) is 10.5. The van der Waals surface area contributed by atoms with Crippen LogP contribution in [-0.2, 0) is 4.43 Å². The van der Waals surface area contributed by atoms with Gasteiger partial charge in [-0.2, -0.15) is 0 Å². The van der Waals surface area contributed by atoms with Crippen LogP contribution < -0.4 is 0 Å². The average molecular weight is 319 g/mol. The van der Waals surface area contributed by atoms with E-state index in [0.29, 0.717) is 5.92 Å². The van der Waals surface area contributed by atoms with Crippen molar-refractivity contribution in [1.29, 1.82) is 0 Å². The molecule has 0 fully saturated rings. The molecule has 3 heteroatoms. The third kappa shape index (κ3) is 3.82. The fourth-order valence-electron chi connectivity index (χ4n) is 2.74. The van der Waals surface area contributed by atoms with Gasteiger partial charge in [0.2, 0.25) is 8.32 Å². The molecule has 1 aromatic rings. The van der Waals surface area contributed by atoms with Gasteiger partial charge in [-0.1, -0.05) is 51.1 Å². The molecule has 0 aromatic heterocycles. The Kier molecular flexibility index (Phi) is 5.18. The first kappa shape index (κ1) is 17.3. The monoisotopic (exact) mass is 318 g/mol. The van der Waals surface area contributed by atoms with Crippen LogP contribution >= 0.6 is 0 Å². The number of rotatable bonds is 4. The third-order valence-electron chi connectivity index (χ3n) is 5.25. The molecule has 1 aromatic carbocycles. The summed E-state index contributed by atoms with van der Waals surface area (Å²) in [5, 5.41) is 9.92. The van der Waals surface area contributed by atoms with E-state index in [-0.39, 0.29) is 17.6 Å². The van der Waals surface area contributed by atoms with Crippen molar-refractivity contribution >= 4 is 8.32 Å². The van der Waals surface area contributed by atoms with E-state index in [4.69, 9.17) is 4.43 Å². The van der Waals surface area contributed by atoms with Crippen molar-refractivity contribution in [2.45, 2.75) is 57.7 Å². The molecule has 0 amide bonds. The molecule has 0 heterocycles. The van der Waals surface area contributed by atoms with Crippen molar-refractivity contribution in [2.75, 3.05) is 6.61 Å². The molecule has 0 radical (unpaired) electrons. The molecule has 1 N–H and O–H groups in total. The zero-order valence-corrected chi connectivity index (χ0v) is 15.6. The van der Waals surface area contributed by atoms with Gasteiger partial charge in [0.25, 0.3) is 0 Å². The van der Waals surface area contributed by atoms with Crippen molar-refractivity contribution in [3.05, 3.63) is 47.7 Å². The van der Waals surface area contributed by atoms with E-state index in [1.807, 2.05) is 6.07 Å². The maximum absolute atomic E-state index is 9.71. The van der Waals surface area contributed by atoms with E-state index in [2.05, 4.69) is 64.2 Å². The molecule has 22 heavy (non-hydrogen) atoms. The van der Waals surface area contributed by atoms with Gasteiger partial charge >= 0.3 is 0 Å². The lowest BCUT2D eigenvalue weighted by molar-refractivity contribution is 0.192. The molecule has 2 rings (SSSR count). The molecule has 122 valence electrons. The van der Waals surface area contributed by atoms with Crippen molar-refractivity contribution in [1.82, 2.24) is 0 Å². The number of hydrogen-bond donors (Lipinski definition) is 1. The highest BCUT2D eigenvalue weighted by molar-refractivity contribution is 6.74. The summed E-state index contributed by atoms with van der Waals surface area (Å²) < 4.78 is 6.51. The van der Waals surface area contributed by atoms with Crippen LogP contribution in [0.4, 0.5) is 0 Å². The SMILES string of the molecule is CC(C)(C)[Si](C)(C)OC1=CC(c2ccccc2)C(CO)CC1. The van der Waals surface area contributed by atoms with Gasteiger partial charge in [-0.25, -0.2) is 0 Å². The predicted molar refractivity (Wildman–Crippen MR) is 95.4 cm³/mol. The van der Waals surface area contributed by atoms with E-state index in [0.717, 1.165) is 18.6 Å². The first-order valence-electron chi connectivity index (χ1n) is 8.30. The Hall–Kier alpha value is -1.06. The van der Waals surface area contributed by atoms with Crippen molar-refractivity contribution in [2.24, 2.45) is 5.92 Å². The van der Waals surface area contributed by atoms with Crippen LogP contribution in [0.15, 0.2) is 42.2 Å². The van der Waals surface area contributed by atoms with Crippen LogP contribution in [0.25, 0.3) is 0 Å². The van der Waals surface area contributed by atoms with Gasteiger partial charge in [-0.05, 0) is 42.1 Å². The maximum atomic E-state index is 9.71. The molecule has 1 aliphatic carbocycles. The van der Waals surface area contributed by atoms with Crippen LogP contribution in [0, 0.1) is 5.92 Å². The fourth-order valence-corrected chi connectivity index (χ4v) is 3.87. The molecule has 0 saturated heterocycles. The maximum Gasteiger partial charge on any atom is 0.250 e. The lowest BCUT2D eigenvalue weighted by Crippen LogP contribution is -2.41. The minimum Gasteiger partial charge on any atom is -0.547 e. The first-order chi connectivity index (χ1) is 10.2. The summed E-state index contributed by atoms with van der Waals surface area (Å²) in [4.78, 5) is 0. The second kappa shape index (κ2) is 6.59. The average Bonchev–Trinajstić information content (AvgIpc) is 2.46. The molecular formula is C19H30O2Si. The normalized spacial score (nSPS) is 23.1. The summed E-state index contributed by atoms with van der Waals surface area (Å²) in [7, 11) is -1.79. The van der Waals surface area contributed by atoms with E-state index in [1.165, 1.54) is 5.56 Å². The Morgan fingerprint density at radius 2 is 1.82 bits per heavy atom. The number of hydrogen-bond acceptors (Lipinski definition) is 2. The molecule has 2 unspecified atom stereocenters. The predicted octanol–water partition coefficient (Wildman–Crippen LogP) is 5.08. The van der Waals surface area contributed by atoms with E-state index in [1.54, 1.807) is 0 Å². The van der Waals surface area contributed by atoms with Gasteiger partial charge in [-0.3, -0.25) is 0 Å². The van der Waals surface area contributed by atoms with Crippen LogP contribution in [-0.4, -0.2) is 20.0 Å². The third-order valence-corrected chi connectivity index (χ3v) is 9.63. The van der Waals surface area contributed by atoms with Gasteiger partial charge in [0.1, 0.15) is 0 Å². The second-order valence-corrected chi connectivity index (χ2v) is 12.6. The molecule has 2 atom stereocenters. The van der Waals surface area contributed by atoms with Gasteiger partial charge in [0, 0.05) is 18.9 Å². The molecule has 1 aliphatic rings. The highest BCUT2D eigenvalue weighted by Crippen LogP contribution is 2.42. The Balaban J connectivity index is 2.25. The van der Waals surface area contributed by atoms with Crippen LogP contribution in [0.5, 0.6) is 0 Å². The Labute approximate surface area is 136 Å². The van der Waals surface area contributed by atoms with Crippen LogP contribution in [0.3, 0.4) is 0 Å². The first-order valence-corrected chi connectivity index (χ1v) is 11.2. The second-order valence-electron chi connectivity index (χ2n) is 7.91. The highest BCUT2D eigenvalue weighted by atomic mass is 28.4. The fraction of sp³-hybridized carbons (Fsp3) is 0.579. The van der Waals surface area contributed by atoms with Crippen molar-refractivity contribution in [3.63, 3.8) is 0 Å². The minimum absolute atomic E-state index is 0.212. The Morgan fingerprint density at radius 3 is 2.36 bits per heavy atom. The molecule has 2 nitrogen and oxygen atoms in total. The van der Waals surface area contributed by atoms with Gasteiger partial charge in [0.05, 0.1) is 5.76 Å². The van der Waals surface area contributed by atoms with Crippen LogP contribution in [0.2, 0.25) is 18.1 Å². The number of aliphatic hydroxyl groups excluding tert-OH is 1. The largest absolute Gasteiger partial charge is 0.547 e. The lowest BCUT2D eigenvalue weighted by Gasteiger charge is -2.39. The number of benzene rings is 1. The summed E-state index contributed by atoms with van der Waals surface area (Å²) in [6.45, 7) is 11.6. The van der Waals surface area contributed by atoms with Crippen molar-refractivity contribution in [3.8, 4) is 0 Å². The standard InChI is InChI=1S/C19H30O2Si/c1-19(2,3)22(4,5)21-17-12-11-16(14-20)18(13-17)15-9-7-6-8-10-15/h6-10,13,16,18,20H,11-12,14H2,1-5H3. The van der Waals surface area contributed by atoms with E-state index in [9.17, 15) is 5.11 Å². The smallest absolute Gasteiger partial charge is 0.250 e. The number of allylic oxidation sites excluding steroid dienone is 2. The molecule has 0 bridgehead atoms. The summed E-state index contributed by atoms with van der Waals surface area (Å²) in [6.07, 6.45) is 4.21. The van der Waals surface area contributed by atoms with E-state index < -0.39 is 8.32 Å². The lowest BCUT2D eigenvalue weighted by atomic mass is 9.79. The van der Waals surface area contributed by atoms with Crippen LogP contribution in [0.1, 0.15) is 45.1 Å². The van der Waals surface area contributed by atoms with Gasteiger partial charge < -0.3 is 9.53 Å². The quantitative estimate of drug-likeness (QED) is 0.785. The zero-order valence-electron chi connectivity index (χ0n) is 14.6. The zero-order chi connectivity index (χ0) is 16.4. The summed E-state index contributed by atoms with van der Waals surface area (Å²) in [5.41, 5.74) is 1.28. The van der Waals surface area contributed by atoms with E-state index >= 15 is 0 Å². The Bertz CT molecular complexity index is 514. The van der Waals surface area contributed by atoms with Gasteiger partial charge in [0.15, 0.2) is 0 Å². The molecule has 0 aliphatic heterocycles. The molecular weight excluding hydrogens is 288 g/mol. The molecule has 0 saturated carbocycles. The summed E-state index contributed by atoms with van der Waals surface area (Å²) >= 11 is 0. The Morgan fingerprint density at radius 1 is 1.18 bits per heavy atom. The van der Waals surface area contributed by atoms with Gasteiger partial charge in [-0.15, -0.1) is 0 Å².